The highest BCUT2D eigenvalue weighted by Gasteiger charge is 2.14. The summed E-state index contributed by atoms with van der Waals surface area (Å²) in [5, 5.41) is 8.82. The summed E-state index contributed by atoms with van der Waals surface area (Å²) in [6.45, 7) is 3.46. The highest BCUT2D eigenvalue weighted by molar-refractivity contribution is 7.92. The Hall–Kier alpha value is -1.07. The number of aliphatic hydroxyl groups is 1. The van der Waals surface area contributed by atoms with Crippen molar-refractivity contribution in [1.82, 2.24) is 0 Å². The lowest BCUT2D eigenvalue weighted by atomic mass is 10.2. The third-order valence-electron chi connectivity index (χ3n) is 2.11. The molecule has 0 spiro atoms. The molecule has 5 heteroatoms. The van der Waals surface area contributed by atoms with Crippen LogP contribution in [-0.2, 0) is 10.0 Å². The molecule has 4 nitrogen and oxygen atoms in total. The lowest BCUT2D eigenvalue weighted by molar-refractivity contribution is 0.249. The quantitative estimate of drug-likeness (QED) is 0.820. The molecule has 0 amide bonds. The molecule has 2 N–H and O–H groups in total. The molecule has 0 bridgehead atoms. The minimum Gasteiger partial charge on any atom is -0.396 e. The third kappa shape index (κ3) is 4.20. The van der Waals surface area contributed by atoms with Gasteiger partial charge in [-0.1, -0.05) is 19.1 Å². The van der Waals surface area contributed by atoms with E-state index in [4.69, 9.17) is 5.11 Å². The van der Waals surface area contributed by atoms with Crippen LogP contribution in [0.4, 0.5) is 5.69 Å². The smallest absolute Gasteiger partial charge is 0.233 e. The second kappa shape index (κ2) is 5.32. The number of nitrogens with one attached hydrogen (secondary N) is 1. The Morgan fingerprint density at radius 2 is 2.12 bits per heavy atom. The summed E-state index contributed by atoms with van der Waals surface area (Å²) in [6, 6.07) is 7.16. The van der Waals surface area contributed by atoms with Crippen LogP contribution in [0.5, 0.6) is 0 Å². The normalized spacial score (nSPS) is 13.4. The van der Waals surface area contributed by atoms with E-state index < -0.39 is 10.0 Å². The molecular formula is C11H17NO3S. The summed E-state index contributed by atoms with van der Waals surface area (Å²) in [5.74, 6) is -0.334. The summed E-state index contributed by atoms with van der Waals surface area (Å²) in [5.41, 5.74) is 1.56. The summed E-state index contributed by atoms with van der Waals surface area (Å²) < 4.78 is 25.8. The molecule has 0 aromatic heterocycles. The molecule has 0 saturated heterocycles. The molecule has 0 saturated carbocycles. The van der Waals surface area contributed by atoms with Crippen molar-refractivity contribution in [3.8, 4) is 0 Å². The first-order chi connectivity index (χ1) is 7.43. The van der Waals surface area contributed by atoms with Gasteiger partial charge in [-0.25, -0.2) is 8.42 Å². The molecule has 0 heterocycles. The zero-order valence-electron chi connectivity index (χ0n) is 9.47. The average Bonchev–Trinajstić information content (AvgIpc) is 2.15. The molecule has 90 valence electrons. The van der Waals surface area contributed by atoms with Crippen molar-refractivity contribution in [1.29, 1.82) is 0 Å². The maximum Gasteiger partial charge on any atom is 0.233 e. The van der Waals surface area contributed by atoms with Gasteiger partial charge in [-0.05, 0) is 30.5 Å². The molecular weight excluding hydrogens is 226 g/mol. The molecule has 1 atom stereocenters. The third-order valence-corrected chi connectivity index (χ3v) is 3.66. The molecule has 0 radical (unpaired) electrons. The highest BCUT2D eigenvalue weighted by Crippen LogP contribution is 2.12. The van der Waals surface area contributed by atoms with E-state index in [-0.39, 0.29) is 18.3 Å². The Kier molecular flexibility index (Phi) is 4.32. The summed E-state index contributed by atoms with van der Waals surface area (Å²) in [7, 11) is -3.37. The van der Waals surface area contributed by atoms with E-state index >= 15 is 0 Å². The van der Waals surface area contributed by atoms with Gasteiger partial charge >= 0.3 is 0 Å². The van der Waals surface area contributed by atoms with Crippen molar-refractivity contribution in [2.45, 2.75) is 13.8 Å². The molecule has 0 aliphatic rings. The number of aliphatic hydroxyl groups excluding tert-OH is 1. The molecule has 1 rings (SSSR count). The Morgan fingerprint density at radius 3 is 2.69 bits per heavy atom. The molecule has 16 heavy (non-hydrogen) atoms. The number of rotatable bonds is 5. The fourth-order valence-electron chi connectivity index (χ4n) is 1.36. The second-order valence-electron chi connectivity index (χ2n) is 4.04. The molecule has 1 aromatic carbocycles. The molecule has 0 fully saturated rings. The largest absolute Gasteiger partial charge is 0.396 e. The van der Waals surface area contributed by atoms with Gasteiger partial charge in [-0.15, -0.1) is 0 Å². The number of hydrogen-bond acceptors (Lipinski definition) is 3. The topological polar surface area (TPSA) is 66.4 Å². The van der Waals surface area contributed by atoms with Crippen LogP contribution >= 0.6 is 0 Å². The first-order valence-corrected chi connectivity index (χ1v) is 6.76. The van der Waals surface area contributed by atoms with Gasteiger partial charge in [0.05, 0.1) is 5.75 Å². The van der Waals surface area contributed by atoms with Crippen LogP contribution in [0.2, 0.25) is 0 Å². The maximum atomic E-state index is 11.7. The van der Waals surface area contributed by atoms with Gasteiger partial charge in [0.25, 0.3) is 0 Å². The standard InChI is InChI=1S/C11H17NO3S/c1-9-4-3-5-11(6-9)12-16(14,15)8-10(2)7-13/h3-6,10,12-13H,7-8H2,1-2H3. The first-order valence-electron chi connectivity index (χ1n) is 5.11. The van der Waals surface area contributed by atoms with E-state index in [2.05, 4.69) is 4.72 Å². The Morgan fingerprint density at radius 1 is 1.44 bits per heavy atom. The van der Waals surface area contributed by atoms with Crippen LogP contribution in [-0.4, -0.2) is 25.9 Å². The van der Waals surface area contributed by atoms with Crippen LogP contribution < -0.4 is 4.72 Å². The fourth-order valence-corrected chi connectivity index (χ4v) is 2.78. The van der Waals surface area contributed by atoms with Crippen molar-refractivity contribution in [3.63, 3.8) is 0 Å². The van der Waals surface area contributed by atoms with Gasteiger partial charge in [0.1, 0.15) is 0 Å². The van der Waals surface area contributed by atoms with Gasteiger partial charge in [-0.2, -0.15) is 0 Å². The van der Waals surface area contributed by atoms with E-state index in [0.717, 1.165) is 5.56 Å². The summed E-state index contributed by atoms with van der Waals surface area (Å²) in [4.78, 5) is 0. The van der Waals surface area contributed by atoms with Crippen molar-refractivity contribution < 1.29 is 13.5 Å². The predicted octanol–water partition coefficient (Wildman–Crippen LogP) is 1.37. The van der Waals surface area contributed by atoms with Gasteiger partial charge in [0.2, 0.25) is 10.0 Å². The van der Waals surface area contributed by atoms with Crippen molar-refractivity contribution in [3.05, 3.63) is 29.8 Å². The average molecular weight is 243 g/mol. The highest BCUT2D eigenvalue weighted by atomic mass is 32.2. The summed E-state index contributed by atoms with van der Waals surface area (Å²) >= 11 is 0. The van der Waals surface area contributed by atoms with Crippen LogP contribution in [0.3, 0.4) is 0 Å². The maximum absolute atomic E-state index is 11.7. The zero-order chi connectivity index (χ0) is 12.2. The number of anilines is 1. The minimum atomic E-state index is -3.37. The summed E-state index contributed by atoms with van der Waals surface area (Å²) in [6.07, 6.45) is 0. The van der Waals surface area contributed by atoms with E-state index in [1.165, 1.54) is 0 Å². The zero-order valence-corrected chi connectivity index (χ0v) is 10.3. The van der Waals surface area contributed by atoms with Gasteiger partial charge < -0.3 is 5.11 Å². The first kappa shape index (κ1) is 13.0. The Bertz CT molecular complexity index is 442. The number of sulfonamides is 1. The van der Waals surface area contributed by atoms with Gasteiger partial charge in [0.15, 0.2) is 0 Å². The monoisotopic (exact) mass is 243 g/mol. The van der Waals surface area contributed by atoms with E-state index in [9.17, 15) is 8.42 Å². The van der Waals surface area contributed by atoms with Crippen LogP contribution in [0.25, 0.3) is 0 Å². The van der Waals surface area contributed by atoms with E-state index in [1.807, 2.05) is 13.0 Å². The molecule has 0 aliphatic carbocycles. The SMILES string of the molecule is Cc1cccc(NS(=O)(=O)CC(C)CO)c1. The number of hydrogen-bond donors (Lipinski definition) is 2. The fraction of sp³-hybridized carbons (Fsp3) is 0.455. The van der Waals surface area contributed by atoms with Crippen molar-refractivity contribution in [2.75, 3.05) is 17.1 Å². The van der Waals surface area contributed by atoms with Crippen LogP contribution in [0, 0.1) is 12.8 Å². The van der Waals surface area contributed by atoms with E-state index in [1.54, 1.807) is 25.1 Å². The molecule has 1 aromatic rings. The van der Waals surface area contributed by atoms with Gasteiger partial charge in [0, 0.05) is 12.3 Å². The number of benzene rings is 1. The Balaban J connectivity index is 2.73. The lowest BCUT2D eigenvalue weighted by Gasteiger charge is -2.11. The van der Waals surface area contributed by atoms with Crippen LogP contribution in [0.1, 0.15) is 12.5 Å². The van der Waals surface area contributed by atoms with E-state index in [0.29, 0.717) is 5.69 Å². The predicted molar refractivity (Wildman–Crippen MR) is 64.8 cm³/mol. The lowest BCUT2D eigenvalue weighted by Crippen LogP contribution is -2.23. The molecule has 0 aliphatic heterocycles. The van der Waals surface area contributed by atoms with Gasteiger partial charge in [-0.3, -0.25) is 4.72 Å². The minimum absolute atomic E-state index is 0.0720. The molecule has 1 unspecified atom stereocenters. The van der Waals surface area contributed by atoms with Crippen LogP contribution in [0.15, 0.2) is 24.3 Å². The van der Waals surface area contributed by atoms with Crippen molar-refractivity contribution >= 4 is 15.7 Å². The second-order valence-corrected chi connectivity index (χ2v) is 5.81. The number of aryl methyl sites for hydroxylation is 1. The van der Waals surface area contributed by atoms with Crippen molar-refractivity contribution in [2.24, 2.45) is 5.92 Å². The Labute approximate surface area is 96.4 Å².